The molecule has 1 nitrogen and oxygen atoms in total. The Balaban J connectivity index is 2.50. The van der Waals surface area contributed by atoms with Crippen LogP contribution in [-0.2, 0) is 6.54 Å². The van der Waals surface area contributed by atoms with Gasteiger partial charge >= 0.3 is 0 Å². The molecule has 1 aromatic rings. The van der Waals surface area contributed by atoms with Crippen LogP contribution in [0.1, 0.15) is 12.5 Å². The van der Waals surface area contributed by atoms with Gasteiger partial charge in [0.05, 0.1) is 0 Å². The summed E-state index contributed by atoms with van der Waals surface area (Å²) in [5.74, 6) is 0.779. The Kier molecular flexibility index (Phi) is 5.43. The quantitative estimate of drug-likeness (QED) is 0.857. The van der Waals surface area contributed by atoms with Gasteiger partial charge in [0.2, 0.25) is 0 Å². The van der Waals surface area contributed by atoms with Gasteiger partial charge in [-0.25, -0.2) is 4.39 Å². The highest BCUT2D eigenvalue weighted by molar-refractivity contribution is 7.98. The van der Waals surface area contributed by atoms with Gasteiger partial charge in [0.1, 0.15) is 5.82 Å². The fraction of sp³-hybridized carbons (Fsp3) is 0.455. The molecule has 1 atom stereocenters. The molecule has 1 N–H and O–H groups in total. The number of thioether (sulfide) groups is 1. The molecule has 1 rings (SSSR count). The monoisotopic (exact) mass is 247 g/mol. The van der Waals surface area contributed by atoms with Crippen molar-refractivity contribution in [1.82, 2.24) is 5.32 Å². The van der Waals surface area contributed by atoms with E-state index in [9.17, 15) is 4.39 Å². The Morgan fingerprint density at radius 1 is 1.53 bits per heavy atom. The van der Waals surface area contributed by atoms with E-state index in [0.29, 0.717) is 23.2 Å². The largest absolute Gasteiger partial charge is 0.309 e. The second-order valence-corrected chi connectivity index (χ2v) is 4.82. The van der Waals surface area contributed by atoms with Crippen LogP contribution >= 0.6 is 23.4 Å². The zero-order valence-electron chi connectivity index (χ0n) is 8.89. The second-order valence-electron chi connectivity index (χ2n) is 3.47. The van der Waals surface area contributed by atoms with Crippen LogP contribution in [0.4, 0.5) is 4.39 Å². The minimum absolute atomic E-state index is 0.244. The summed E-state index contributed by atoms with van der Waals surface area (Å²) in [6.45, 7) is 2.63. The van der Waals surface area contributed by atoms with Gasteiger partial charge in [0.25, 0.3) is 0 Å². The molecule has 15 heavy (non-hydrogen) atoms. The van der Waals surface area contributed by atoms with Gasteiger partial charge in [-0.3, -0.25) is 0 Å². The number of hydrogen-bond acceptors (Lipinski definition) is 2. The molecule has 0 heterocycles. The van der Waals surface area contributed by atoms with Crippen LogP contribution in [-0.4, -0.2) is 18.1 Å². The number of benzene rings is 1. The van der Waals surface area contributed by atoms with Crippen LogP contribution in [0.2, 0.25) is 5.02 Å². The molecule has 0 aliphatic rings. The molecule has 0 aliphatic heterocycles. The van der Waals surface area contributed by atoms with Crippen LogP contribution in [0, 0.1) is 5.82 Å². The Bertz CT molecular complexity index is 319. The lowest BCUT2D eigenvalue weighted by molar-refractivity contribution is 0.557. The fourth-order valence-electron chi connectivity index (χ4n) is 1.26. The molecule has 1 aromatic carbocycles. The second kappa shape index (κ2) is 6.36. The summed E-state index contributed by atoms with van der Waals surface area (Å²) >= 11 is 7.44. The van der Waals surface area contributed by atoms with Crippen LogP contribution < -0.4 is 5.32 Å². The predicted octanol–water partition coefficient (Wildman–Crippen LogP) is 3.32. The van der Waals surface area contributed by atoms with E-state index in [1.165, 1.54) is 6.07 Å². The van der Waals surface area contributed by atoms with Gasteiger partial charge in [0, 0.05) is 28.9 Å². The van der Waals surface area contributed by atoms with Crippen molar-refractivity contribution in [3.8, 4) is 0 Å². The van der Waals surface area contributed by atoms with E-state index in [4.69, 9.17) is 11.6 Å². The van der Waals surface area contributed by atoms with Gasteiger partial charge < -0.3 is 5.32 Å². The molecular formula is C11H15ClFNS. The van der Waals surface area contributed by atoms with E-state index >= 15 is 0 Å². The van der Waals surface area contributed by atoms with E-state index in [1.807, 2.05) is 0 Å². The van der Waals surface area contributed by atoms with Crippen molar-refractivity contribution < 1.29 is 4.39 Å². The summed E-state index contributed by atoms with van der Waals surface area (Å²) in [6.07, 6.45) is 2.06. The first kappa shape index (κ1) is 12.8. The fourth-order valence-corrected chi connectivity index (χ4v) is 2.03. The third-order valence-corrected chi connectivity index (χ3v) is 3.14. The van der Waals surface area contributed by atoms with Crippen LogP contribution in [0.3, 0.4) is 0 Å². The van der Waals surface area contributed by atoms with Gasteiger partial charge in [-0.1, -0.05) is 17.7 Å². The van der Waals surface area contributed by atoms with Crippen molar-refractivity contribution in [3.05, 3.63) is 34.6 Å². The Labute approximate surface area is 99.4 Å². The molecule has 0 aliphatic carbocycles. The molecule has 84 valence electrons. The zero-order valence-corrected chi connectivity index (χ0v) is 10.5. The third-order valence-electron chi connectivity index (χ3n) is 2.07. The van der Waals surface area contributed by atoms with Crippen LogP contribution in [0.25, 0.3) is 0 Å². The third kappa shape index (κ3) is 4.41. The minimum atomic E-state index is -0.244. The molecule has 0 aromatic heterocycles. The molecule has 0 radical (unpaired) electrons. The van der Waals surface area contributed by atoms with E-state index < -0.39 is 0 Å². The highest BCUT2D eigenvalue weighted by Gasteiger charge is 2.05. The van der Waals surface area contributed by atoms with E-state index in [2.05, 4.69) is 18.5 Å². The van der Waals surface area contributed by atoms with E-state index in [-0.39, 0.29) is 5.82 Å². The molecule has 0 amide bonds. The van der Waals surface area contributed by atoms with Crippen molar-refractivity contribution in [3.63, 3.8) is 0 Å². The maximum Gasteiger partial charge on any atom is 0.129 e. The lowest BCUT2D eigenvalue weighted by atomic mass is 10.2. The lowest BCUT2D eigenvalue weighted by Crippen LogP contribution is -2.27. The Morgan fingerprint density at radius 3 is 2.87 bits per heavy atom. The Hall–Kier alpha value is -0.250. The SMILES string of the molecule is CSCC(C)NCc1ccc(Cl)cc1F. The minimum Gasteiger partial charge on any atom is -0.309 e. The molecule has 1 unspecified atom stereocenters. The smallest absolute Gasteiger partial charge is 0.129 e. The molecular weight excluding hydrogens is 233 g/mol. The standard InChI is InChI=1S/C11H15ClFNS/c1-8(7-15-2)14-6-9-3-4-10(12)5-11(9)13/h3-5,8,14H,6-7H2,1-2H3. The summed E-state index contributed by atoms with van der Waals surface area (Å²) in [7, 11) is 0. The average Bonchev–Trinajstić information content (AvgIpc) is 2.17. The summed E-state index contributed by atoms with van der Waals surface area (Å²) in [6, 6.07) is 5.16. The van der Waals surface area contributed by atoms with Crippen molar-refractivity contribution in [2.24, 2.45) is 0 Å². The van der Waals surface area contributed by atoms with Gasteiger partial charge in [-0.15, -0.1) is 0 Å². The first-order chi connectivity index (χ1) is 7.13. The van der Waals surface area contributed by atoms with Crippen molar-refractivity contribution in [1.29, 1.82) is 0 Å². The van der Waals surface area contributed by atoms with Crippen molar-refractivity contribution in [2.45, 2.75) is 19.5 Å². The zero-order chi connectivity index (χ0) is 11.3. The Morgan fingerprint density at radius 2 is 2.27 bits per heavy atom. The molecule has 0 fully saturated rings. The van der Waals surface area contributed by atoms with Crippen LogP contribution in [0.5, 0.6) is 0 Å². The normalized spacial score (nSPS) is 12.8. The number of nitrogens with one attached hydrogen (secondary N) is 1. The topological polar surface area (TPSA) is 12.0 Å². The van der Waals surface area contributed by atoms with Gasteiger partial charge in [0.15, 0.2) is 0 Å². The van der Waals surface area contributed by atoms with E-state index in [1.54, 1.807) is 23.9 Å². The van der Waals surface area contributed by atoms with Gasteiger partial charge in [-0.2, -0.15) is 11.8 Å². The summed E-state index contributed by atoms with van der Waals surface area (Å²) in [4.78, 5) is 0. The first-order valence-corrected chi connectivity index (χ1v) is 6.57. The molecule has 0 saturated heterocycles. The van der Waals surface area contributed by atoms with E-state index in [0.717, 1.165) is 5.75 Å². The van der Waals surface area contributed by atoms with Crippen LogP contribution in [0.15, 0.2) is 18.2 Å². The van der Waals surface area contributed by atoms with Crippen molar-refractivity contribution >= 4 is 23.4 Å². The molecule has 0 saturated carbocycles. The van der Waals surface area contributed by atoms with Gasteiger partial charge in [-0.05, 0) is 25.3 Å². The number of halogens is 2. The molecule has 4 heteroatoms. The molecule has 0 bridgehead atoms. The summed E-state index contributed by atoms with van der Waals surface area (Å²) in [5, 5.41) is 3.69. The first-order valence-electron chi connectivity index (χ1n) is 4.79. The molecule has 0 spiro atoms. The van der Waals surface area contributed by atoms with Crippen molar-refractivity contribution in [2.75, 3.05) is 12.0 Å². The number of hydrogen-bond donors (Lipinski definition) is 1. The average molecular weight is 248 g/mol. The maximum absolute atomic E-state index is 13.4. The maximum atomic E-state index is 13.4. The predicted molar refractivity (Wildman–Crippen MR) is 66.1 cm³/mol. The lowest BCUT2D eigenvalue weighted by Gasteiger charge is -2.12. The summed E-state index contributed by atoms with van der Waals surface area (Å²) in [5.41, 5.74) is 0.660. The summed E-state index contributed by atoms with van der Waals surface area (Å²) < 4.78 is 13.4. The number of rotatable bonds is 5. The highest BCUT2D eigenvalue weighted by atomic mass is 35.5. The highest BCUT2D eigenvalue weighted by Crippen LogP contribution is 2.14.